The zero-order valence-corrected chi connectivity index (χ0v) is 12.3. The maximum absolute atomic E-state index is 3.28. The third kappa shape index (κ3) is 2.82. The van der Waals surface area contributed by atoms with Crippen LogP contribution in [0.2, 0.25) is 0 Å². The Morgan fingerprint density at radius 1 is 0.944 bits per heavy atom. The summed E-state index contributed by atoms with van der Waals surface area (Å²) in [4.78, 5) is 2.74. The minimum atomic E-state index is 0.429. The van der Waals surface area contributed by atoms with Gasteiger partial charge in [-0.05, 0) is 43.1 Å². The first kappa shape index (κ1) is 13.3. The second-order valence-electron chi connectivity index (χ2n) is 4.99. The monoisotopic (exact) mass is 259 g/mol. The van der Waals surface area contributed by atoms with Gasteiger partial charge in [0.05, 0.1) is 0 Å². The maximum Gasteiger partial charge on any atom is 0.0383 e. The minimum Gasteiger partial charge on any atom is -0.313 e. The van der Waals surface area contributed by atoms with Crippen molar-refractivity contribution in [2.45, 2.75) is 32.7 Å². The minimum absolute atomic E-state index is 0.429. The number of thiophene rings is 1. The summed E-state index contributed by atoms with van der Waals surface area (Å²) in [7, 11) is 2.00. The molecule has 96 valence electrons. The van der Waals surface area contributed by atoms with Crippen LogP contribution in [-0.2, 0) is 0 Å². The average molecular weight is 259 g/mol. The fourth-order valence-electron chi connectivity index (χ4n) is 1.92. The van der Waals surface area contributed by atoms with E-state index < -0.39 is 0 Å². The molecular formula is C16H21NS. The van der Waals surface area contributed by atoms with E-state index in [-0.39, 0.29) is 0 Å². The predicted molar refractivity (Wildman–Crippen MR) is 81.3 cm³/mol. The van der Waals surface area contributed by atoms with Crippen LogP contribution < -0.4 is 5.32 Å². The van der Waals surface area contributed by atoms with Crippen LogP contribution >= 0.6 is 11.3 Å². The second-order valence-corrected chi connectivity index (χ2v) is 6.10. The standard InChI is InChI=1S/C16H21NS/c1-11(2)13-5-7-14(8-6-13)16-10-9-15(18-16)12(3)17-4/h5-12,17H,1-4H3. The van der Waals surface area contributed by atoms with Crippen LogP contribution in [0.25, 0.3) is 10.4 Å². The van der Waals surface area contributed by atoms with Gasteiger partial charge in [0.2, 0.25) is 0 Å². The van der Waals surface area contributed by atoms with Gasteiger partial charge in [0, 0.05) is 15.8 Å². The van der Waals surface area contributed by atoms with Crippen molar-refractivity contribution in [2.75, 3.05) is 7.05 Å². The molecule has 0 saturated carbocycles. The van der Waals surface area contributed by atoms with Gasteiger partial charge in [0.1, 0.15) is 0 Å². The van der Waals surface area contributed by atoms with Crippen LogP contribution in [0, 0.1) is 0 Å². The Morgan fingerprint density at radius 3 is 2.17 bits per heavy atom. The Hall–Kier alpha value is -1.12. The van der Waals surface area contributed by atoms with E-state index in [4.69, 9.17) is 0 Å². The van der Waals surface area contributed by atoms with E-state index in [0.29, 0.717) is 12.0 Å². The fraction of sp³-hybridized carbons (Fsp3) is 0.375. The molecule has 18 heavy (non-hydrogen) atoms. The second kappa shape index (κ2) is 5.68. The number of rotatable bonds is 4. The van der Waals surface area contributed by atoms with Gasteiger partial charge in [-0.2, -0.15) is 0 Å². The van der Waals surface area contributed by atoms with Gasteiger partial charge in [-0.1, -0.05) is 38.1 Å². The summed E-state index contributed by atoms with van der Waals surface area (Å²) in [5.41, 5.74) is 2.72. The van der Waals surface area contributed by atoms with E-state index in [1.54, 1.807) is 0 Å². The molecule has 1 heterocycles. The number of hydrogen-bond acceptors (Lipinski definition) is 2. The van der Waals surface area contributed by atoms with Crippen LogP contribution in [0.4, 0.5) is 0 Å². The summed E-state index contributed by atoms with van der Waals surface area (Å²) in [6, 6.07) is 13.8. The molecule has 1 nitrogen and oxygen atoms in total. The average Bonchev–Trinajstić information content (AvgIpc) is 2.87. The normalized spacial score (nSPS) is 12.9. The molecule has 1 aromatic carbocycles. The van der Waals surface area contributed by atoms with Crippen LogP contribution in [0.1, 0.15) is 43.2 Å². The molecule has 1 atom stereocenters. The van der Waals surface area contributed by atoms with Gasteiger partial charge in [-0.15, -0.1) is 11.3 Å². The van der Waals surface area contributed by atoms with E-state index in [1.807, 2.05) is 18.4 Å². The van der Waals surface area contributed by atoms with Gasteiger partial charge in [0.25, 0.3) is 0 Å². The molecule has 0 amide bonds. The van der Waals surface area contributed by atoms with Gasteiger partial charge >= 0.3 is 0 Å². The van der Waals surface area contributed by atoms with Crippen molar-refractivity contribution in [3.8, 4) is 10.4 Å². The van der Waals surface area contributed by atoms with Crippen LogP contribution in [0.5, 0.6) is 0 Å². The molecule has 1 unspecified atom stereocenters. The van der Waals surface area contributed by atoms with Gasteiger partial charge in [-0.25, -0.2) is 0 Å². The lowest BCUT2D eigenvalue weighted by Crippen LogP contribution is -2.10. The quantitative estimate of drug-likeness (QED) is 0.830. The summed E-state index contributed by atoms with van der Waals surface area (Å²) in [5.74, 6) is 0.599. The summed E-state index contributed by atoms with van der Waals surface area (Å²) < 4.78 is 0. The Kier molecular flexibility index (Phi) is 4.20. The van der Waals surface area contributed by atoms with E-state index in [9.17, 15) is 0 Å². The summed E-state index contributed by atoms with van der Waals surface area (Å²) in [6.07, 6.45) is 0. The van der Waals surface area contributed by atoms with Crippen molar-refractivity contribution in [3.05, 3.63) is 46.8 Å². The van der Waals surface area contributed by atoms with Crippen molar-refractivity contribution in [1.82, 2.24) is 5.32 Å². The lowest BCUT2D eigenvalue weighted by molar-refractivity contribution is 0.664. The van der Waals surface area contributed by atoms with Crippen LogP contribution in [0.3, 0.4) is 0 Å². The van der Waals surface area contributed by atoms with E-state index >= 15 is 0 Å². The van der Waals surface area contributed by atoms with Crippen LogP contribution in [0.15, 0.2) is 36.4 Å². The predicted octanol–water partition coefficient (Wildman–Crippen LogP) is 4.82. The highest BCUT2D eigenvalue weighted by atomic mass is 32.1. The Morgan fingerprint density at radius 2 is 1.61 bits per heavy atom. The third-order valence-corrected chi connectivity index (χ3v) is 4.67. The molecule has 0 aliphatic carbocycles. The third-order valence-electron chi connectivity index (χ3n) is 3.35. The molecule has 0 spiro atoms. The number of benzene rings is 1. The number of hydrogen-bond donors (Lipinski definition) is 1. The zero-order valence-electron chi connectivity index (χ0n) is 11.5. The Bertz CT molecular complexity index is 496. The topological polar surface area (TPSA) is 12.0 Å². The van der Waals surface area contributed by atoms with Crippen LogP contribution in [-0.4, -0.2) is 7.05 Å². The summed E-state index contributed by atoms with van der Waals surface area (Å²) in [5, 5.41) is 3.28. The molecule has 1 aromatic heterocycles. The van der Waals surface area contributed by atoms with Crippen molar-refractivity contribution < 1.29 is 0 Å². The van der Waals surface area contributed by atoms with E-state index in [2.05, 4.69) is 62.5 Å². The maximum atomic E-state index is 3.28. The molecular weight excluding hydrogens is 238 g/mol. The lowest BCUT2D eigenvalue weighted by Gasteiger charge is -2.07. The van der Waals surface area contributed by atoms with Crippen molar-refractivity contribution in [1.29, 1.82) is 0 Å². The first-order valence-electron chi connectivity index (χ1n) is 6.49. The Labute approximate surface area is 114 Å². The van der Waals surface area contributed by atoms with Crippen molar-refractivity contribution in [3.63, 3.8) is 0 Å². The first-order valence-corrected chi connectivity index (χ1v) is 7.30. The molecule has 0 aliphatic heterocycles. The Balaban J connectivity index is 2.23. The molecule has 2 aromatic rings. The first-order chi connectivity index (χ1) is 8.61. The molecule has 0 aliphatic rings. The van der Waals surface area contributed by atoms with Gasteiger partial charge in [-0.3, -0.25) is 0 Å². The summed E-state index contributed by atoms with van der Waals surface area (Å²) >= 11 is 1.87. The highest BCUT2D eigenvalue weighted by Gasteiger charge is 2.08. The van der Waals surface area contributed by atoms with Crippen molar-refractivity contribution in [2.24, 2.45) is 0 Å². The molecule has 1 N–H and O–H groups in total. The summed E-state index contributed by atoms with van der Waals surface area (Å²) in [6.45, 7) is 6.65. The van der Waals surface area contributed by atoms with Gasteiger partial charge in [0.15, 0.2) is 0 Å². The SMILES string of the molecule is CNC(C)c1ccc(-c2ccc(C(C)C)cc2)s1. The zero-order chi connectivity index (χ0) is 13.1. The molecule has 0 radical (unpaired) electrons. The molecule has 2 heteroatoms. The fourth-order valence-corrected chi connectivity index (χ4v) is 2.99. The molecule has 0 bridgehead atoms. The highest BCUT2D eigenvalue weighted by molar-refractivity contribution is 7.15. The van der Waals surface area contributed by atoms with Gasteiger partial charge < -0.3 is 5.32 Å². The molecule has 2 rings (SSSR count). The van der Waals surface area contributed by atoms with E-state index in [0.717, 1.165) is 0 Å². The molecule has 0 fully saturated rings. The lowest BCUT2D eigenvalue weighted by atomic mass is 10.0. The highest BCUT2D eigenvalue weighted by Crippen LogP contribution is 2.31. The van der Waals surface area contributed by atoms with Crippen molar-refractivity contribution >= 4 is 11.3 Å². The smallest absolute Gasteiger partial charge is 0.0383 e. The largest absolute Gasteiger partial charge is 0.313 e. The number of nitrogens with one attached hydrogen (secondary N) is 1. The molecule has 0 saturated heterocycles. The van der Waals surface area contributed by atoms with E-state index in [1.165, 1.54) is 20.9 Å².